The second-order valence-corrected chi connectivity index (χ2v) is 6.94. The summed E-state index contributed by atoms with van der Waals surface area (Å²) < 4.78 is 0. The molecule has 27 heavy (non-hydrogen) atoms. The van der Waals surface area contributed by atoms with E-state index in [0.29, 0.717) is 0 Å². The summed E-state index contributed by atoms with van der Waals surface area (Å²) in [6.07, 6.45) is 0. The zero-order valence-corrected chi connectivity index (χ0v) is 15.9. The molecule has 0 heterocycles. The fourth-order valence-corrected chi connectivity index (χ4v) is 2.38. The summed E-state index contributed by atoms with van der Waals surface area (Å²) in [6.45, 7) is 5.82. The Morgan fingerprint density at radius 2 is 1.74 bits per heavy atom. The second kappa shape index (κ2) is 7.50. The molecule has 2 aromatic rings. The number of hydrogen-bond acceptors (Lipinski definition) is 7. The van der Waals surface area contributed by atoms with Crippen molar-refractivity contribution in [1.29, 1.82) is 5.26 Å². The average Bonchev–Trinajstić information content (AvgIpc) is 2.64. The molecule has 8 heteroatoms. The smallest absolute Gasteiger partial charge is 0.257 e. The molecule has 0 aromatic heterocycles. The van der Waals surface area contributed by atoms with E-state index in [4.69, 9.17) is 0 Å². The Labute approximate surface area is 156 Å². The monoisotopic (exact) mass is 370 g/mol. The number of phenols is 1. The van der Waals surface area contributed by atoms with Gasteiger partial charge >= 0.3 is 0 Å². The van der Waals surface area contributed by atoms with Crippen LogP contribution in [0.3, 0.4) is 0 Å². The Balaban J connectivity index is 2.48. The van der Waals surface area contributed by atoms with Crippen LogP contribution in [-0.2, 0) is 0 Å². The predicted octanol–water partition coefficient (Wildman–Crippen LogP) is 1.76. The van der Waals surface area contributed by atoms with Gasteiger partial charge in [0.25, 0.3) is 16.8 Å². The second-order valence-electron chi connectivity index (χ2n) is 6.94. The molecule has 0 aliphatic carbocycles. The highest BCUT2D eigenvalue weighted by Gasteiger charge is 2.25. The van der Waals surface area contributed by atoms with Gasteiger partial charge in [-0.1, -0.05) is 13.8 Å². The van der Waals surface area contributed by atoms with Gasteiger partial charge in [0.1, 0.15) is 11.4 Å². The molecular weight excluding hydrogens is 348 g/mol. The van der Waals surface area contributed by atoms with E-state index in [1.54, 1.807) is 0 Å². The summed E-state index contributed by atoms with van der Waals surface area (Å²) in [5, 5.41) is 25.3. The molecule has 0 unspecified atom stereocenters. The van der Waals surface area contributed by atoms with Gasteiger partial charge in [-0.15, -0.1) is 0 Å². The fraction of sp³-hybridized carbons (Fsp3) is 0.368. The van der Waals surface area contributed by atoms with Crippen LogP contribution in [0.2, 0.25) is 0 Å². The highest BCUT2D eigenvalue weighted by molar-refractivity contribution is 5.99. The number of amides is 1. The Bertz CT molecular complexity index is 995. The molecule has 3 N–H and O–H groups in total. The third-order valence-corrected chi connectivity index (χ3v) is 4.42. The van der Waals surface area contributed by atoms with Gasteiger partial charge in [0, 0.05) is 20.1 Å². The summed E-state index contributed by atoms with van der Waals surface area (Å²) >= 11 is 0. The minimum absolute atomic E-state index is 0.00106. The fourth-order valence-electron chi connectivity index (χ4n) is 2.38. The van der Waals surface area contributed by atoms with E-state index in [2.05, 4.69) is 10.6 Å². The number of anilines is 3. The Hall–Kier alpha value is -3.34. The molecule has 1 amide bonds. The van der Waals surface area contributed by atoms with Crippen LogP contribution >= 0.6 is 0 Å². The van der Waals surface area contributed by atoms with Crippen molar-refractivity contribution in [1.82, 2.24) is 4.90 Å². The Kier molecular flexibility index (Phi) is 5.55. The molecule has 0 radical (unpaired) electrons. The number of benzene rings is 1. The minimum Gasteiger partial charge on any atom is -0.505 e. The van der Waals surface area contributed by atoms with E-state index in [1.807, 2.05) is 26.8 Å². The topological polar surface area (TPSA) is 123 Å². The van der Waals surface area contributed by atoms with Gasteiger partial charge in [0.15, 0.2) is 5.75 Å². The number of rotatable bonds is 6. The number of nitrogens with zero attached hydrogens (tertiary/aromatic N) is 2. The number of nitriles is 1. The summed E-state index contributed by atoms with van der Waals surface area (Å²) in [4.78, 5) is 37.4. The maximum absolute atomic E-state index is 12.2. The van der Waals surface area contributed by atoms with Crippen LogP contribution in [0.25, 0.3) is 0 Å². The molecular formula is C19H22N4O4. The zero-order valence-electron chi connectivity index (χ0n) is 15.9. The first-order chi connectivity index (χ1) is 12.6. The summed E-state index contributed by atoms with van der Waals surface area (Å²) in [7, 11) is 3.03. The Morgan fingerprint density at radius 3 is 2.26 bits per heavy atom. The van der Waals surface area contributed by atoms with Crippen molar-refractivity contribution < 1.29 is 9.90 Å². The summed E-state index contributed by atoms with van der Waals surface area (Å²) in [5.74, 6) is -0.671. The zero-order chi connectivity index (χ0) is 20.5. The lowest BCUT2D eigenvalue weighted by Gasteiger charge is -2.22. The van der Waals surface area contributed by atoms with E-state index in [9.17, 15) is 24.8 Å². The molecule has 142 valence electrons. The molecule has 0 aliphatic rings. The first-order valence-electron chi connectivity index (χ1n) is 8.44. The van der Waals surface area contributed by atoms with E-state index in [0.717, 1.165) is 0 Å². The molecule has 0 fully saturated rings. The van der Waals surface area contributed by atoms with Crippen LogP contribution in [-0.4, -0.2) is 36.1 Å². The third kappa shape index (κ3) is 3.77. The SMILES string of the molecule is CC(C)[C@H](C)Nc1c(Nc2cc(C#N)cc(C(=O)N(C)C)c2O)c(=O)c1=O. The van der Waals surface area contributed by atoms with Gasteiger partial charge in [-0.2, -0.15) is 5.26 Å². The van der Waals surface area contributed by atoms with Gasteiger partial charge in [-0.25, -0.2) is 0 Å². The van der Waals surface area contributed by atoms with Crippen molar-refractivity contribution in [2.24, 2.45) is 5.92 Å². The standard InChI is InChI=1S/C19H22N4O4/c1-9(2)10(3)21-14-15(18(26)17(14)25)22-13-7-11(8-20)6-12(16(13)24)19(27)23(4)5/h6-7,9-10,21-22,24H,1-5H3/t10-/m0/s1. The molecule has 0 spiro atoms. The van der Waals surface area contributed by atoms with E-state index < -0.39 is 22.5 Å². The molecule has 0 saturated carbocycles. The van der Waals surface area contributed by atoms with Crippen molar-refractivity contribution in [3.8, 4) is 11.8 Å². The number of hydrogen-bond donors (Lipinski definition) is 3. The van der Waals surface area contributed by atoms with Crippen molar-refractivity contribution in [3.05, 3.63) is 43.7 Å². The Morgan fingerprint density at radius 1 is 1.15 bits per heavy atom. The van der Waals surface area contributed by atoms with Gasteiger partial charge < -0.3 is 20.6 Å². The lowest BCUT2D eigenvalue weighted by molar-refractivity contribution is 0.0824. The molecule has 2 rings (SSSR count). The number of nitrogens with one attached hydrogen (secondary N) is 2. The van der Waals surface area contributed by atoms with Crippen LogP contribution in [0.4, 0.5) is 17.1 Å². The lowest BCUT2D eigenvalue weighted by Crippen LogP contribution is -2.39. The normalized spacial score (nSPS) is 11.9. The molecule has 1 atom stereocenters. The summed E-state index contributed by atoms with van der Waals surface area (Å²) in [6, 6.07) is 4.44. The van der Waals surface area contributed by atoms with Crippen LogP contribution in [0, 0.1) is 17.2 Å². The average molecular weight is 370 g/mol. The van der Waals surface area contributed by atoms with Crippen LogP contribution in [0.15, 0.2) is 21.7 Å². The van der Waals surface area contributed by atoms with Gasteiger partial charge in [0.05, 0.1) is 22.9 Å². The number of carbonyl (C=O) groups is 1. The van der Waals surface area contributed by atoms with E-state index >= 15 is 0 Å². The maximum atomic E-state index is 12.2. The van der Waals surface area contributed by atoms with Crippen LogP contribution < -0.4 is 21.5 Å². The largest absolute Gasteiger partial charge is 0.505 e. The maximum Gasteiger partial charge on any atom is 0.257 e. The molecule has 0 aliphatic heterocycles. The summed E-state index contributed by atoms with van der Waals surface area (Å²) in [5.41, 5.74) is -1.19. The minimum atomic E-state index is -0.726. The first kappa shape index (κ1) is 20.0. The quantitative estimate of drug-likeness (QED) is 0.523. The van der Waals surface area contributed by atoms with E-state index in [-0.39, 0.29) is 40.1 Å². The lowest BCUT2D eigenvalue weighted by atomic mass is 10.0. The first-order valence-corrected chi connectivity index (χ1v) is 8.44. The van der Waals surface area contributed by atoms with Gasteiger partial charge in [0.2, 0.25) is 0 Å². The highest BCUT2D eigenvalue weighted by Crippen LogP contribution is 2.33. The molecule has 8 nitrogen and oxygen atoms in total. The number of aromatic hydroxyl groups is 1. The number of phenolic OH excluding ortho intramolecular Hbond substituents is 1. The van der Waals surface area contributed by atoms with Gasteiger partial charge in [-0.3, -0.25) is 14.4 Å². The van der Waals surface area contributed by atoms with E-state index in [1.165, 1.54) is 31.1 Å². The van der Waals surface area contributed by atoms with Crippen molar-refractivity contribution in [2.45, 2.75) is 26.8 Å². The third-order valence-electron chi connectivity index (χ3n) is 4.42. The van der Waals surface area contributed by atoms with Crippen LogP contribution in [0.1, 0.15) is 36.7 Å². The highest BCUT2D eigenvalue weighted by atomic mass is 16.3. The molecule has 0 saturated heterocycles. The van der Waals surface area contributed by atoms with Crippen molar-refractivity contribution in [3.63, 3.8) is 0 Å². The van der Waals surface area contributed by atoms with Gasteiger partial charge in [-0.05, 0) is 25.0 Å². The number of carbonyl (C=O) groups excluding carboxylic acids is 1. The van der Waals surface area contributed by atoms with Crippen LogP contribution in [0.5, 0.6) is 5.75 Å². The van der Waals surface area contributed by atoms with Crippen molar-refractivity contribution in [2.75, 3.05) is 24.7 Å². The molecule has 2 aromatic carbocycles. The molecule has 0 bridgehead atoms. The van der Waals surface area contributed by atoms with Crippen molar-refractivity contribution >= 4 is 23.0 Å². The predicted molar refractivity (Wildman–Crippen MR) is 103 cm³/mol.